The number of halogens is 2. The van der Waals surface area contributed by atoms with Gasteiger partial charge in [0.15, 0.2) is 11.5 Å². The molecule has 3 N–H and O–H groups in total. The van der Waals surface area contributed by atoms with E-state index in [1.165, 1.54) is 44.6 Å². The number of carbonyl (C=O) groups excluding carboxylic acids is 1. The molecule has 1 saturated carbocycles. The Bertz CT molecular complexity index is 1080. The summed E-state index contributed by atoms with van der Waals surface area (Å²) in [5, 5.41) is 5.10. The summed E-state index contributed by atoms with van der Waals surface area (Å²) in [5.41, 5.74) is 0.633. The van der Waals surface area contributed by atoms with Crippen LogP contribution in [0.5, 0.6) is 17.2 Å². The smallest absolute Gasteiger partial charge is 0.387 e. The molecule has 2 aromatic rings. The van der Waals surface area contributed by atoms with Gasteiger partial charge in [-0.25, -0.2) is 17.9 Å². The lowest BCUT2D eigenvalue weighted by molar-refractivity contribution is -0.0512. The monoisotopic (exact) mass is 471 g/mol. The largest absolute Gasteiger partial charge is 0.495 e. The SMILES string of the molecule is COc1ccc(S(=O)(=O)NC2CC2)cc1NC(=O)NCc1ccc(OC)c(OC(F)F)c1. The fourth-order valence-corrected chi connectivity index (χ4v) is 4.14. The average Bonchev–Trinajstić information content (AvgIpc) is 3.55. The molecule has 0 aliphatic heterocycles. The number of hydrogen-bond donors (Lipinski definition) is 3. The average molecular weight is 471 g/mol. The highest BCUT2D eigenvalue weighted by Gasteiger charge is 2.28. The molecule has 174 valence electrons. The maximum atomic E-state index is 12.6. The lowest BCUT2D eigenvalue weighted by atomic mass is 10.2. The maximum Gasteiger partial charge on any atom is 0.387 e. The zero-order valence-corrected chi connectivity index (χ0v) is 18.2. The lowest BCUT2D eigenvalue weighted by Gasteiger charge is -2.14. The lowest BCUT2D eigenvalue weighted by Crippen LogP contribution is -2.29. The van der Waals surface area contributed by atoms with Crippen LogP contribution in [-0.4, -0.2) is 41.3 Å². The number of rotatable bonds is 10. The van der Waals surface area contributed by atoms with Gasteiger partial charge in [-0.1, -0.05) is 6.07 Å². The summed E-state index contributed by atoms with van der Waals surface area (Å²) in [6, 6.07) is 7.74. The second-order valence-corrected chi connectivity index (χ2v) is 8.64. The van der Waals surface area contributed by atoms with Gasteiger partial charge < -0.3 is 24.8 Å². The number of benzene rings is 2. The molecule has 1 aliphatic rings. The fraction of sp³-hybridized carbons (Fsp3) is 0.350. The van der Waals surface area contributed by atoms with Crippen molar-refractivity contribution in [2.24, 2.45) is 0 Å². The first kappa shape index (κ1) is 23.5. The summed E-state index contributed by atoms with van der Waals surface area (Å²) in [5.74, 6) is 0.230. The maximum absolute atomic E-state index is 12.6. The van der Waals surface area contributed by atoms with Crippen LogP contribution in [0, 0.1) is 0 Å². The van der Waals surface area contributed by atoms with Crippen LogP contribution in [0.3, 0.4) is 0 Å². The van der Waals surface area contributed by atoms with Crippen LogP contribution in [0.2, 0.25) is 0 Å². The number of urea groups is 1. The second-order valence-electron chi connectivity index (χ2n) is 6.93. The molecule has 9 nitrogen and oxygen atoms in total. The third-order valence-electron chi connectivity index (χ3n) is 4.53. The number of methoxy groups -OCH3 is 2. The molecular weight excluding hydrogens is 448 g/mol. The van der Waals surface area contributed by atoms with E-state index in [0.717, 1.165) is 12.8 Å². The molecular formula is C20H23F2N3O6S. The van der Waals surface area contributed by atoms with Crippen molar-refractivity contribution in [3.05, 3.63) is 42.0 Å². The molecule has 0 unspecified atom stereocenters. The van der Waals surface area contributed by atoms with Crippen LogP contribution >= 0.6 is 0 Å². The minimum absolute atomic E-state index is 0.00977. The van der Waals surface area contributed by atoms with Gasteiger partial charge in [-0.15, -0.1) is 0 Å². The highest BCUT2D eigenvalue weighted by Crippen LogP contribution is 2.30. The molecule has 2 amide bonds. The Morgan fingerprint density at radius 1 is 1.06 bits per heavy atom. The van der Waals surface area contributed by atoms with Crippen LogP contribution < -0.4 is 29.6 Å². The first-order chi connectivity index (χ1) is 15.2. The number of hydrogen-bond acceptors (Lipinski definition) is 6. The van der Waals surface area contributed by atoms with Gasteiger partial charge in [-0.3, -0.25) is 0 Å². The first-order valence-electron chi connectivity index (χ1n) is 9.59. The minimum Gasteiger partial charge on any atom is -0.495 e. The zero-order chi connectivity index (χ0) is 23.3. The molecule has 0 bridgehead atoms. The third-order valence-corrected chi connectivity index (χ3v) is 6.04. The predicted molar refractivity (Wildman–Crippen MR) is 112 cm³/mol. The van der Waals surface area contributed by atoms with Gasteiger partial charge in [0.05, 0.1) is 24.8 Å². The van der Waals surface area contributed by atoms with Crippen LogP contribution in [0.25, 0.3) is 0 Å². The number of ether oxygens (including phenoxy) is 3. The van der Waals surface area contributed by atoms with Crippen LogP contribution in [0.4, 0.5) is 19.3 Å². The molecule has 32 heavy (non-hydrogen) atoms. The highest BCUT2D eigenvalue weighted by atomic mass is 32.2. The Hall–Kier alpha value is -3.12. The van der Waals surface area contributed by atoms with E-state index in [2.05, 4.69) is 20.1 Å². The van der Waals surface area contributed by atoms with Crippen molar-refractivity contribution in [2.75, 3.05) is 19.5 Å². The van der Waals surface area contributed by atoms with Gasteiger partial charge in [0.25, 0.3) is 0 Å². The standard InChI is InChI=1S/C20H23F2N3O6S/c1-29-16-8-6-14(32(27,28)25-13-4-5-13)10-15(16)24-20(26)23-11-12-3-7-17(30-2)18(9-12)31-19(21)22/h3,6-10,13,19,25H,4-5,11H2,1-2H3,(H2,23,24,26). The van der Waals surface area contributed by atoms with Crippen molar-refractivity contribution >= 4 is 21.7 Å². The molecule has 0 radical (unpaired) electrons. The van der Waals surface area contributed by atoms with Gasteiger partial charge >= 0.3 is 12.6 Å². The van der Waals surface area contributed by atoms with Crippen molar-refractivity contribution in [2.45, 2.75) is 36.9 Å². The number of anilines is 1. The number of sulfonamides is 1. The number of nitrogens with one attached hydrogen (secondary N) is 3. The third kappa shape index (κ3) is 6.20. The molecule has 1 fully saturated rings. The Kier molecular flexibility index (Phi) is 7.36. The molecule has 12 heteroatoms. The van der Waals surface area contributed by atoms with Crippen molar-refractivity contribution in [1.29, 1.82) is 0 Å². The van der Waals surface area contributed by atoms with E-state index >= 15 is 0 Å². The zero-order valence-electron chi connectivity index (χ0n) is 17.4. The number of carbonyl (C=O) groups is 1. The van der Waals surface area contributed by atoms with Crippen LogP contribution in [-0.2, 0) is 16.6 Å². The van der Waals surface area contributed by atoms with E-state index in [9.17, 15) is 22.0 Å². The minimum atomic E-state index is -3.72. The topological polar surface area (TPSA) is 115 Å². The summed E-state index contributed by atoms with van der Waals surface area (Å²) >= 11 is 0. The predicted octanol–water partition coefficient (Wildman–Crippen LogP) is 3.07. The van der Waals surface area contributed by atoms with Crippen molar-refractivity contribution in [3.63, 3.8) is 0 Å². The molecule has 0 spiro atoms. The van der Waals surface area contributed by atoms with E-state index in [1.54, 1.807) is 6.07 Å². The number of alkyl halides is 2. The van der Waals surface area contributed by atoms with Crippen molar-refractivity contribution in [3.8, 4) is 17.2 Å². The Morgan fingerprint density at radius 3 is 2.38 bits per heavy atom. The van der Waals surface area contributed by atoms with E-state index < -0.39 is 22.7 Å². The van der Waals surface area contributed by atoms with Crippen molar-refractivity contribution in [1.82, 2.24) is 10.0 Å². The van der Waals surface area contributed by atoms with Gasteiger partial charge in [0.2, 0.25) is 10.0 Å². The molecule has 0 aromatic heterocycles. The number of amides is 2. The molecule has 0 heterocycles. The van der Waals surface area contributed by atoms with Gasteiger partial charge in [0.1, 0.15) is 5.75 Å². The Balaban J connectivity index is 1.68. The normalized spacial score (nSPS) is 13.5. The van der Waals surface area contributed by atoms with E-state index in [-0.39, 0.29) is 40.4 Å². The summed E-state index contributed by atoms with van der Waals surface area (Å²) in [6.07, 6.45) is 1.58. The van der Waals surface area contributed by atoms with Crippen LogP contribution in [0.15, 0.2) is 41.3 Å². The molecule has 2 aromatic carbocycles. The van der Waals surface area contributed by atoms with Gasteiger partial charge in [-0.2, -0.15) is 8.78 Å². The molecule has 0 saturated heterocycles. The first-order valence-corrected chi connectivity index (χ1v) is 11.1. The Labute approximate surface area is 184 Å². The van der Waals surface area contributed by atoms with Gasteiger partial charge in [0, 0.05) is 12.6 Å². The van der Waals surface area contributed by atoms with E-state index in [0.29, 0.717) is 5.56 Å². The molecule has 1 aliphatic carbocycles. The summed E-state index contributed by atoms with van der Waals surface area (Å²) in [4.78, 5) is 12.4. The van der Waals surface area contributed by atoms with Crippen LogP contribution in [0.1, 0.15) is 18.4 Å². The van der Waals surface area contributed by atoms with Gasteiger partial charge in [-0.05, 0) is 48.7 Å². The van der Waals surface area contributed by atoms with E-state index in [4.69, 9.17) is 9.47 Å². The summed E-state index contributed by atoms with van der Waals surface area (Å²) in [7, 11) is -1.02. The quantitative estimate of drug-likeness (QED) is 0.491. The summed E-state index contributed by atoms with van der Waals surface area (Å²) < 4.78 is 67.2. The van der Waals surface area contributed by atoms with Crippen molar-refractivity contribution < 1.29 is 36.2 Å². The molecule has 0 atom stereocenters. The Morgan fingerprint density at radius 2 is 1.75 bits per heavy atom. The second kappa shape index (κ2) is 10.0. The fourth-order valence-electron chi connectivity index (χ4n) is 2.81. The summed E-state index contributed by atoms with van der Waals surface area (Å²) in [6.45, 7) is -3.04. The molecule has 3 rings (SSSR count). The highest BCUT2D eigenvalue weighted by molar-refractivity contribution is 7.89. The van der Waals surface area contributed by atoms with E-state index in [1.807, 2.05) is 0 Å².